The molecule has 1 aromatic carbocycles. The number of aromatic nitrogens is 4. The Morgan fingerprint density at radius 1 is 1.18 bits per heavy atom. The third-order valence-corrected chi connectivity index (χ3v) is 6.74. The molecule has 3 heterocycles. The molecule has 6 rings (SSSR count). The minimum Gasteiger partial charge on any atom is -0.321 e. The van der Waals surface area contributed by atoms with Gasteiger partial charge >= 0.3 is 0 Å². The number of benzene rings is 1. The van der Waals surface area contributed by atoms with E-state index in [0.717, 1.165) is 35.5 Å². The van der Waals surface area contributed by atoms with Crippen LogP contribution in [0.4, 0.5) is 5.69 Å². The largest absolute Gasteiger partial charge is 0.321 e. The Morgan fingerprint density at radius 2 is 2.09 bits per heavy atom. The van der Waals surface area contributed by atoms with E-state index in [2.05, 4.69) is 38.1 Å². The smallest absolute Gasteiger partial charge is 0.273 e. The minimum absolute atomic E-state index is 0.0374. The van der Waals surface area contributed by atoms with E-state index in [4.69, 9.17) is 4.99 Å². The highest BCUT2D eigenvalue weighted by molar-refractivity contribution is 6.10. The van der Waals surface area contributed by atoms with Crippen LogP contribution in [-0.4, -0.2) is 31.4 Å². The zero-order valence-corrected chi connectivity index (χ0v) is 18.8. The van der Waals surface area contributed by atoms with E-state index in [1.807, 2.05) is 66.9 Å². The van der Waals surface area contributed by atoms with Gasteiger partial charge < -0.3 is 9.88 Å². The fourth-order valence-electron chi connectivity index (χ4n) is 4.75. The lowest BCUT2D eigenvalue weighted by atomic mass is 9.67. The summed E-state index contributed by atoms with van der Waals surface area (Å²) in [5, 5.41) is 11.4. The first-order chi connectivity index (χ1) is 16.6. The highest BCUT2D eigenvalue weighted by atomic mass is 16.2. The molecular weight excluding hydrogens is 424 g/mol. The molecule has 0 spiro atoms. The van der Waals surface area contributed by atoms with Crippen molar-refractivity contribution >= 4 is 17.3 Å². The first kappa shape index (κ1) is 20.5. The molecule has 2 unspecified atom stereocenters. The molecule has 2 aliphatic carbocycles. The predicted molar refractivity (Wildman–Crippen MR) is 131 cm³/mol. The highest BCUT2D eigenvalue weighted by Crippen LogP contribution is 2.41. The Hall–Kier alpha value is -4.13. The number of fused-ring (bicyclic) bond motifs is 1. The van der Waals surface area contributed by atoms with Crippen molar-refractivity contribution < 1.29 is 4.79 Å². The predicted octanol–water partition coefficient (Wildman–Crippen LogP) is 4.65. The molecule has 168 valence electrons. The van der Waals surface area contributed by atoms with E-state index in [0.29, 0.717) is 17.4 Å². The molecule has 0 bridgehead atoms. The van der Waals surface area contributed by atoms with Crippen LogP contribution < -0.4 is 5.32 Å². The number of hydrogen-bond donors (Lipinski definition) is 1. The Labute approximate surface area is 197 Å². The Bertz CT molecular complexity index is 1380. The molecular formula is C27H24N6O. The van der Waals surface area contributed by atoms with Gasteiger partial charge in [0.05, 0.1) is 0 Å². The molecule has 34 heavy (non-hydrogen) atoms. The number of nitrogens with one attached hydrogen (secondary N) is 1. The maximum atomic E-state index is 13.4. The quantitative estimate of drug-likeness (QED) is 0.616. The Morgan fingerprint density at radius 3 is 2.91 bits per heavy atom. The number of amides is 1. The van der Waals surface area contributed by atoms with Crippen LogP contribution in [0.1, 0.15) is 31.4 Å². The van der Waals surface area contributed by atoms with Crippen LogP contribution in [0.15, 0.2) is 96.2 Å². The lowest BCUT2D eigenvalue weighted by molar-refractivity contribution is -0.112. The van der Waals surface area contributed by atoms with Gasteiger partial charge in [0.15, 0.2) is 5.82 Å². The standard InChI is InChI=1S/C27H24N6O/c1-27(19-7-5-13-28-16-19)15-24(31-23-10-3-2-9-22(23)27)26(34)30-20-8-4-6-18(14-20)25-32-29-17-33(25)21-11-12-21/h2-10,13-17,21-22H,11-12H2,1H3,(H,30,34). The topological polar surface area (TPSA) is 85.1 Å². The summed E-state index contributed by atoms with van der Waals surface area (Å²) in [6.07, 6.45) is 17.8. The van der Waals surface area contributed by atoms with Crippen molar-refractivity contribution in [1.82, 2.24) is 19.7 Å². The summed E-state index contributed by atoms with van der Waals surface area (Å²) in [5.41, 5.74) is 3.47. The molecule has 2 aromatic heterocycles. The second-order valence-corrected chi connectivity index (χ2v) is 9.14. The molecule has 2 atom stereocenters. The van der Waals surface area contributed by atoms with Crippen LogP contribution in [0.2, 0.25) is 0 Å². The number of rotatable bonds is 5. The zero-order valence-electron chi connectivity index (χ0n) is 18.8. The molecule has 0 radical (unpaired) electrons. The maximum absolute atomic E-state index is 13.4. The third-order valence-electron chi connectivity index (χ3n) is 6.74. The number of carbonyl (C=O) groups is 1. The molecule has 1 N–H and O–H groups in total. The Balaban J connectivity index is 1.31. The zero-order chi connectivity index (χ0) is 23.1. The fraction of sp³-hybridized carbons (Fsp3) is 0.222. The highest BCUT2D eigenvalue weighted by Gasteiger charge is 2.40. The van der Waals surface area contributed by atoms with Crippen LogP contribution in [-0.2, 0) is 10.2 Å². The van der Waals surface area contributed by atoms with E-state index in [1.165, 1.54) is 0 Å². The lowest BCUT2D eigenvalue weighted by Crippen LogP contribution is -2.39. The summed E-state index contributed by atoms with van der Waals surface area (Å²) >= 11 is 0. The van der Waals surface area contributed by atoms with E-state index < -0.39 is 5.41 Å². The van der Waals surface area contributed by atoms with Gasteiger partial charge in [-0.2, -0.15) is 0 Å². The average molecular weight is 449 g/mol. The molecule has 0 saturated heterocycles. The monoisotopic (exact) mass is 448 g/mol. The van der Waals surface area contributed by atoms with Crippen molar-refractivity contribution in [1.29, 1.82) is 0 Å². The van der Waals surface area contributed by atoms with Crippen LogP contribution in [0, 0.1) is 5.92 Å². The van der Waals surface area contributed by atoms with Crippen LogP contribution >= 0.6 is 0 Å². The van der Waals surface area contributed by atoms with Crippen LogP contribution in [0.25, 0.3) is 11.4 Å². The summed E-state index contributed by atoms with van der Waals surface area (Å²) in [6.45, 7) is 2.13. The number of aliphatic imine (C=N–C) groups is 1. The normalized spacial score (nSPS) is 23.1. The van der Waals surface area contributed by atoms with Gasteiger partial charge in [-0.25, -0.2) is 4.99 Å². The van der Waals surface area contributed by atoms with Crippen molar-refractivity contribution in [2.24, 2.45) is 10.9 Å². The van der Waals surface area contributed by atoms with Crippen molar-refractivity contribution in [2.75, 3.05) is 5.32 Å². The van der Waals surface area contributed by atoms with Crippen LogP contribution in [0.5, 0.6) is 0 Å². The van der Waals surface area contributed by atoms with Gasteiger partial charge in [-0.1, -0.05) is 43.4 Å². The molecule has 1 amide bonds. The number of carbonyl (C=O) groups excluding carboxylic acids is 1. The van der Waals surface area contributed by atoms with E-state index in [9.17, 15) is 4.79 Å². The molecule has 7 nitrogen and oxygen atoms in total. The maximum Gasteiger partial charge on any atom is 0.273 e. The SMILES string of the molecule is CC1(c2cccnc2)C=C(C(=O)Nc2cccc(-c3nncn3C3CC3)c2)N=C2C=CC=CC21. The number of allylic oxidation sites excluding steroid dienone is 5. The summed E-state index contributed by atoms with van der Waals surface area (Å²) < 4.78 is 2.11. The number of anilines is 1. The van der Waals surface area contributed by atoms with E-state index in [-0.39, 0.29) is 11.8 Å². The van der Waals surface area contributed by atoms with Gasteiger partial charge in [0.1, 0.15) is 12.0 Å². The minimum atomic E-state index is -0.443. The molecule has 3 aliphatic rings. The number of hydrogen-bond acceptors (Lipinski definition) is 5. The molecule has 7 heteroatoms. The van der Waals surface area contributed by atoms with Crippen molar-refractivity contribution in [3.05, 3.63) is 96.8 Å². The van der Waals surface area contributed by atoms with Crippen molar-refractivity contribution in [2.45, 2.75) is 31.2 Å². The number of nitrogens with zero attached hydrogens (tertiary/aromatic N) is 5. The van der Waals surface area contributed by atoms with Gasteiger partial charge in [0.2, 0.25) is 0 Å². The molecule has 3 aromatic rings. The van der Waals surface area contributed by atoms with Crippen molar-refractivity contribution in [3.8, 4) is 11.4 Å². The third kappa shape index (κ3) is 3.59. The van der Waals surface area contributed by atoms with Gasteiger partial charge in [-0.15, -0.1) is 10.2 Å². The van der Waals surface area contributed by atoms with Crippen molar-refractivity contribution in [3.63, 3.8) is 0 Å². The van der Waals surface area contributed by atoms with E-state index >= 15 is 0 Å². The molecule has 1 fully saturated rings. The van der Waals surface area contributed by atoms with Crippen LogP contribution in [0.3, 0.4) is 0 Å². The van der Waals surface area contributed by atoms with Gasteiger partial charge in [-0.3, -0.25) is 9.78 Å². The first-order valence-corrected chi connectivity index (χ1v) is 11.5. The second-order valence-electron chi connectivity index (χ2n) is 9.14. The Kier molecular flexibility index (Phi) is 4.83. The van der Waals surface area contributed by atoms with Gasteiger partial charge in [0.25, 0.3) is 5.91 Å². The van der Waals surface area contributed by atoms with E-state index in [1.54, 1.807) is 12.5 Å². The van der Waals surface area contributed by atoms with Gasteiger partial charge in [0, 0.05) is 46.7 Å². The number of pyridine rings is 1. The summed E-state index contributed by atoms with van der Waals surface area (Å²) in [5.74, 6) is 0.613. The van der Waals surface area contributed by atoms with Gasteiger partial charge in [-0.05, 0) is 48.8 Å². The second kappa shape index (κ2) is 8.02. The average Bonchev–Trinajstić information content (AvgIpc) is 3.60. The fourth-order valence-corrected chi connectivity index (χ4v) is 4.75. The summed E-state index contributed by atoms with van der Waals surface area (Å²) in [7, 11) is 0. The summed E-state index contributed by atoms with van der Waals surface area (Å²) in [6, 6.07) is 12.2. The lowest BCUT2D eigenvalue weighted by Gasteiger charge is -2.38. The first-order valence-electron chi connectivity index (χ1n) is 11.5. The summed E-state index contributed by atoms with van der Waals surface area (Å²) in [4.78, 5) is 22.4. The molecule has 1 aliphatic heterocycles. The molecule has 1 saturated carbocycles.